The van der Waals surface area contributed by atoms with Gasteiger partial charge in [-0.2, -0.15) is 0 Å². The van der Waals surface area contributed by atoms with Crippen LogP contribution in [0, 0.1) is 5.92 Å². The number of H-pyrrole nitrogens is 1. The van der Waals surface area contributed by atoms with Gasteiger partial charge in [0, 0.05) is 15.9 Å². The first-order valence-corrected chi connectivity index (χ1v) is 9.11. The van der Waals surface area contributed by atoms with Crippen molar-refractivity contribution in [2.45, 2.75) is 44.6 Å². The van der Waals surface area contributed by atoms with Crippen molar-refractivity contribution in [3.05, 3.63) is 35.0 Å². The maximum atomic E-state index is 12.6. The average molecular weight is 363 g/mol. The molecule has 1 aliphatic carbocycles. The van der Waals surface area contributed by atoms with E-state index in [9.17, 15) is 9.59 Å². The van der Waals surface area contributed by atoms with Crippen molar-refractivity contribution < 1.29 is 14.3 Å². The third kappa shape index (κ3) is 4.34. The Balaban J connectivity index is 1.72. The number of esters is 1. The van der Waals surface area contributed by atoms with Gasteiger partial charge in [-0.05, 0) is 36.6 Å². The smallest absolute Gasteiger partial charge is 0.328 e. The molecule has 5 nitrogen and oxygen atoms in total. The van der Waals surface area contributed by atoms with Gasteiger partial charge in [-0.15, -0.1) is 0 Å². The summed E-state index contributed by atoms with van der Waals surface area (Å²) in [6.45, 7) is 0. The predicted molar refractivity (Wildman–Crippen MR) is 97.8 cm³/mol. The molecule has 2 N–H and O–H groups in total. The van der Waals surface area contributed by atoms with Gasteiger partial charge in [-0.1, -0.05) is 43.7 Å². The summed E-state index contributed by atoms with van der Waals surface area (Å²) >= 11 is 5.99. The van der Waals surface area contributed by atoms with Crippen molar-refractivity contribution >= 4 is 34.4 Å². The van der Waals surface area contributed by atoms with E-state index in [2.05, 4.69) is 10.3 Å². The Hall–Kier alpha value is -2.01. The van der Waals surface area contributed by atoms with Crippen LogP contribution in [0.2, 0.25) is 5.02 Å². The van der Waals surface area contributed by atoms with Gasteiger partial charge in [-0.3, -0.25) is 4.79 Å². The van der Waals surface area contributed by atoms with Crippen molar-refractivity contribution in [2.24, 2.45) is 5.92 Å². The zero-order valence-electron chi connectivity index (χ0n) is 14.3. The molecule has 0 saturated heterocycles. The number of aromatic amines is 1. The summed E-state index contributed by atoms with van der Waals surface area (Å²) in [6.07, 6.45) is 6.47. The average Bonchev–Trinajstić information content (AvgIpc) is 3.04. The minimum atomic E-state index is -0.615. The molecule has 1 heterocycles. The lowest BCUT2D eigenvalue weighted by molar-refractivity contribution is -0.143. The predicted octanol–water partition coefficient (Wildman–Crippen LogP) is 4.06. The molecule has 134 valence electrons. The van der Waals surface area contributed by atoms with Gasteiger partial charge in [0.15, 0.2) is 0 Å². The van der Waals surface area contributed by atoms with Crippen LogP contribution in [0.3, 0.4) is 0 Å². The van der Waals surface area contributed by atoms with E-state index in [1.807, 2.05) is 6.07 Å². The number of carbonyl (C=O) groups excluding carboxylic acids is 2. The highest BCUT2D eigenvalue weighted by atomic mass is 35.5. The summed E-state index contributed by atoms with van der Waals surface area (Å²) in [6, 6.07) is 6.52. The van der Waals surface area contributed by atoms with Crippen LogP contribution < -0.4 is 5.32 Å². The maximum absolute atomic E-state index is 12.6. The van der Waals surface area contributed by atoms with Gasteiger partial charge in [-0.25, -0.2) is 4.79 Å². The Morgan fingerprint density at radius 1 is 1.28 bits per heavy atom. The van der Waals surface area contributed by atoms with E-state index in [1.165, 1.54) is 26.4 Å². The van der Waals surface area contributed by atoms with Gasteiger partial charge in [0.05, 0.1) is 7.11 Å². The molecule has 1 aromatic carbocycles. The Bertz CT molecular complexity index is 765. The minimum Gasteiger partial charge on any atom is -0.467 e. The molecule has 0 bridgehead atoms. The molecule has 6 heteroatoms. The molecule has 0 spiro atoms. The first kappa shape index (κ1) is 17.8. The number of hydrogen-bond acceptors (Lipinski definition) is 3. The van der Waals surface area contributed by atoms with E-state index in [-0.39, 0.29) is 5.91 Å². The summed E-state index contributed by atoms with van der Waals surface area (Å²) in [5.41, 5.74) is 1.24. The number of nitrogens with one attached hydrogen (secondary N) is 2. The zero-order valence-corrected chi connectivity index (χ0v) is 15.1. The number of fused-ring (bicyclic) bond motifs is 1. The van der Waals surface area contributed by atoms with E-state index >= 15 is 0 Å². The normalized spacial score (nSPS) is 16.6. The summed E-state index contributed by atoms with van der Waals surface area (Å²) in [7, 11) is 1.35. The summed E-state index contributed by atoms with van der Waals surface area (Å²) in [5.74, 6) is -0.240. The standard InChI is InChI=1S/C19H23ClN2O3/c1-25-19(24)17(9-12-5-3-2-4-6-12)22-18(23)16-11-13-10-14(20)7-8-15(13)21-16/h7-8,10-12,17,21H,2-6,9H2,1H3,(H,22,23)/t17-/m0/s1. The fraction of sp³-hybridized carbons (Fsp3) is 0.474. The highest BCUT2D eigenvalue weighted by molar-refractivity contribution is 6.31. The van der Waals surface area contributed by atoms with Crippen LogP contribution in [-0.4, -0.2) is 30.0 Å². The van der Waals surface area contributed by atoms with E-state index in [4.69, 9.17) is 16.3 Å². The fourth-order valence-corrected chi connectivity index (χ4v) is 3.75. The molecule has 1 atom stereocenters. The number of aromatic nitrogens is 1. The third-order valence-electron chi connectivity index (χ3n) is 4.91. The Labute approximate surface area is 152 Å². The first-order chi connectivity index (χ1) is 12.1. The quantitative estimate of drug-likeness (QED) is 0.788. The van der Waals surface area contributed by atoms with Crippen molar-refractivity contribution in [1.82, 2.24) is 10.3 Å². The van der Waals surface area contributed by atoms with Crippen LogP contribution in [0.1, 0.15) is 49.0 Å². The molecular formula is C19H23ClN2O3. The lowest BCUT2D eigenvalue weighted by atomic mass is 9.85. The summed E-state index contributed by atoms with van der Waals surface area (Å²) in [5, 5.41) is 4.30. The van der Waals surface area contributed by atoms with Gasteiger partial charge in [0.1, 0.15) is 11.7 Å². The molecule has 1 aliphatic rings. The topological polar surface area (TPSA) is 71.2 Å². The number of methoxy groups -OCH3 is 1. The third-order valence-corrected chi connectivity index (χ3v) is 5.15. The number of benzene rings is 1. The lowest BCUT2D eigenvalue weighted by Gasteiger charge is -2.25. The lowest BCUT2D eigenvalue weighted by Crippen LogP contribution is -2.43. The monoisotopic (exact) mass is 362 g/mol. The molecule has 3 rings (SSSR count). The van der Waals surface area contributed by atoms with E-state index in [1.54, 1.807) is 18.2 Å². The highest BCUT2D eigenvalue weighted by Crippen LogP contribution is 2.28. The van der Waals surface area contributed by atoms with Gasteiger partial charge < -0.3 is 15.0 Å². The van der Waals surface area contributed by atoms with E-state index in [0.29, 0.717) is 23.1 Å². The van der Waals surface area contributed by atoms with Crippen LogP contribution in [0.4, 0.5) is 0 Å². The number of halogens is 1. The summed E-state index contributed by atoms with van der Waals surface area (Å²) in [4.78, 5) is 27.8. The largest absolute Gasteiger partial charge is 0.467 e. The van der Waals surface area contributed by atoms with Crippen molar-refractivity contribution in [1.29, 1.82) is 0 Å². The number of hydrogen-bond donors (Lipinski definition) is 2. The molecule has 0 aliphatic heterocycles. The number of amides is 1. The molecule has 0 radical (unpaired) electrons. The Kier molecular flexibility index (Phi) is 5.63. The van der Waals surface area contributed by atoms with Gasteiger partial charge in [0.2, 0.25) is 0 Å². The van der Waals surface area contributed by atoms with Gasteiger partial charge in [0.25, 0.3) is 5.91 Å². The number of carbonyl (C=O) groups is 2. The molecule has 0 unspecified atom stereocenters. The van der Waals surface area contributed by atoms with E-state index < -0.39 is 12.0 Å². The highest BCUT2D eigenvalue weighted by Gasteiger charge is 2.27. The zero-order chi connectivity index (χ0) is 17.8. The second-order valence-corrected chi connectivity index (χ2v) is 7.14. The second-order valence-electron chi connectivity index (χ2n) is 6.70. The molecule has 1 saturated carbocycles. The molecule has 2 aromatic rings. The van der Waals surface area contributed by atoms with Crippen LogP contribution in [0.15, 0.2) is 24.3 Å². The maximum Gasteiger partial charge on any atom is 0.328 e. The first-order valence-electron chi connectivity index (χ1n) is 8.74. The number of rotatable bonds is 5. The molecule has 1 fully saturated rings. The van der Waals surface area contributed by atoms with Gasteiger partial charge >= 0.3 is 5.97 Å². The van der Waals surface area contributed by atoms with Crippen LogP contribution in [0.5, 0.6) is 0 Å². The molecule has 1 amide bonds. The molecule has 1 aromatic heterocycles. The summed E-state index contributed by atoms with van der Waals surface area (Å²) < 4.78 is 4.88. The molecular weight excluding hydrogens is 340 g/mol. The fourth-order valence-electron chi connectivity index (χ4n) is 3.57. The second kappa shape index (κ2) is 7.91. The van der Waals surface area contributed by atoms with Crippen molar-refractivity contribution in [3.8, 4) is 0 Å². The Morgan fingerprint density at radius 2 is 2.04 bits per heavy atom. The van der Waals surface area contributed by atoms with Crippen molar-refractivity contribution in [2.75, 3.05) is 7.11 Å². The molecule has 25 heavy (non-hydrogen) atoms. The van der Waals surface area contributed by atoms with Crippen LogP contribution in [-0.2, 0) is 9.53 Å². The number of ether oxygens (including phenoxy) is 1. The minimum absolute atomic E-state index is 0.307. The van der Waals surface area contributed by atoms with Crippen molar-refractivity contribution in [3.63, 3.8) is 0 Å². The Morgan fingerprint density at radius 3 is 2.76 bits per heavy atom. The van der Waals surface area contributed by atoms with Crippen LogP contribution in [0.25, 0.3) is 10.9 Å². The SMILES string of the molecule is COC(=O)[C@H](CC1CCCCC1)NC(=O)c1cc2cc(Cl)ccc2[nH]1. The van der Waals surface area contributed by atoms with Crippen LogP contribution >= 0.6 is 11.6 Å². The van der Waals surface area contributed by atoms with E-state index in [0.717, 1.165) is 23.7 Å².